The number of carbonyl (C=O) groups excluding carboxylic acids is 1. The molecule has 0 bridgehead atoms. The van der Waals surface area contributed by atoms with Crippen molar-refractivity contribution in [2.24, 2.45) is 20.7 Å². The zero-order valence-electron chi connectivity index (χ0n) is 15.9. The van der Waals surface area contributed by atoms with Crippen LogP contribution in [-0.4, -0.2) is 25.9 Å². The Morgan fingerprint density at radius 1 is 1.04 bits per heavy atom. The van der Waals surface area contributed by atoms with Crippen LogP contribution in [0.15, 0.2) is 75.3 Å². The minimum absolute atomic E-state index is 0.254. The van der Waals surface area contributed by atoms with Gasteiger partial charge >= 0.3 is 6.09 Å². The number of hydrogen-bond donors (Lipinski definition) is 1. The Kier molecular flexibility index (Phi) is 6.44. The molecule has 1 aliphatic heterocycles. The monoisotopic (exact) mass is 381 g/mol. The lowest BCUT2D eigenvalue weighted by Gasteiger charge is -2.26. The van der Waals surface area contributed by atoms with Gasteiger partial charge in [-0.05, 0) is 34.9 Å². The number of amides is 1. The Morgan fingerprint density at radius 3 is 2.36 bits per heavy atom. The molecule has 1 atom stereocenters. The van der Waals surface area contributed by atoms with Gasteiger partial charge in [-0.25, -0.2) is 4.79 Å². The third-order valence-corrected chi connectivity index (χ3v) is 4.63. The Bertz CT molecular complexity index is 825. The van der Waals surface area contributed by atoms with Gasteiger partial charge in [0.05, 0.1) is 0 Å². The summed E-state index contributed by atoms with van der Waals surface area (Å²) in [6.07, 6.45) is -0.0501. The van der Waals surface area contributed by atoms with E-state index in [4.69, 9.17) is 9.47 Å². The SMILES string of the molecule is COC(C)C1(c2ccc(CCNC(=O)OCc3ccccc3)cc2)N=NN=N1. The van der Waals surface area contributed by atoms with Gasteiger partial charge in [-0.3, -0.25) is 0 Å². The molecule has 0 fully saturated rings. The minimum atomic E-state index is -0.938. The van der Waals surface area contributed by atoms with Crippen molar-refractivity contribution in [3.8, 4) is 0 Å². The van der Waals surface area contributed by atoms with E-state index in [1.165, 1.54) is 0 Å². The molecule has 0 aromatic heterocycles. The fourth-order valence-corrected chi connectivity index (χ4v) is 2.87. The van der Waals surface area contributed by atoms with Crippen molar-refractivity contribution in [2.45, 2.75) is 31.7 Å². The molecule has 0 saturated heterocycles. The van der Waals surface area contributed by atoms with Crippen LogP contribution in [0.3, 0.4) is 0 Å². The fraction of sp³-hybridized carbons (Fsp3) is 0.350. The van der Waals surface area contributed by atoms with Gasteiger partial charge in [0.2, 0.25) is 5.66 Å². The summed E-state index contributed by atoms with van der Waals surface area (Å²) in [6.45, 7) is 2.61. The average Bonchev–Trinajstić information content (AvgIpc) is 3.24. The molecule has 8 nitrogen and oxygen atoms in total. The van der Waals surface area contributed by atoms with E-state index < -0.39 is 11.8 Å². The van der Waals surface area contributed by atoms with E-state index in [1.54, 1.807) is 7.11 Å². The number of methoxy groups -OCH3 is 1. The number of hydrogen-bond acceptors (Lipinski definition) is 7. The van der Waals surface area contributed by atoms with Crippen LogP contribution in [0.4, 0.5) is 4.79 Å². The van der Waals surface area contributed by atoms with Crippen LogP contribution in [0.25, 0.3) is 0 Å². The molecule has 0 saturated carbocycles. The van der Waals surface area contributed by atoms with Crippen molar-refractivity contribution in [2.75, 3.05) is 13.7 Å². The van der Waals surface area contributed by atoms with Gasteiger partial charge < -0.3 is 14.8 Å². The highest BCUT2D eigenvalue weighted by molar-refractivity contribution is 5.67. The molecule has 3 rings (SSSR count). The van der Waals surface area contributed by atoms with E-state index in [0.29, 0.717) is 13.0 Å². The molecule has 146 valence electrons. The number of alkyl carbamates (subject to hydrolysis) is 1. The largest absolute Gasteiger partial charge is 0.445 e. The predicted molar refractivity (Wildman–Crippen MR) is 103 cm³/mol. The smallest absolute Gasteiger partial charge is 0.407 e. The van der Waals surface area contributed by atoms with Crippen LogP contribution < -0.4 is 5.32 Å². The number of benzene rings is 2. The molecule has 28 heavy (non-hydrogen) atoms. The van der Waals surface area contributed by atoms with E-state index >= 15 is 0 Å². The summed E-state index contributed by atoms with van der Waals surface area (Å²) in [7, 11) is 1.60. The molecule has 0 radical (unpaired) electrons. The Balaban J connectivity index is 1.49. The summed E-state index contributed by atoms with van der Waals surface area (Å²) in [5, 5.41) is 18.4. The Hall–Kier alpha value is -3.13. The first kappa shape index (κ1) is 19.6. The van der Waals surface area contributed by atoms with E-state index in [-0.39, 0.29) is 12.7 Å². The molecule has 1 amide bonds. The first-order valence-electron chi connectivity index (χ1n) is 9.05. The Morgan fingerprint density at radius 2 is 1.71 bits per heavy atom. The van der Waals surface area contributed by atoms with Crippen molar-refractivity contribution < 1.29 is 14.3 Å². The Labute approximate surface area is 163 Å². The van der Waals surface area contributed by atoms with Crippen LogP contribution in [0.5, 0.6) is 0 Å². The van der Waals surface area contributed by atoms with Crippen LogP contribution in [0, 0.1) is 0 Å². The van der Waals surface area contributed by atoms with E-state index in [2.05, 4.69) is 26.0 Å². The summed E-state index contributed by atoms with van der Waals surface area (Å²) >= 11 is 0. The van der Waals surface area contributed by atoms with Crippen molar-refractivity contribution in [3.05, 3.63) is 71.3 Å². The second-order valence-electron chi connectivity index (χ2n) is 6.42. The van der Waals surface area contributed by atoms with Gasteiger partial charge in [-0.1, -0.05) is 54.6 Å². The zero-order chi connectivity index (χ0) is 19.8. The third kappa shape index (κ3) is 4.58. The summed E-state index contributed by atoms with van der Waals surface area (Å²) in [4.78, 5) is 11.8. The summed E-state index contributed by atoms with van der Waals surface area (Å²) in [5.74, 6) is 0. The van der Waals surface area contributed by atoms with Crippen molar-refractivity contribution >= 4 is 6.09 Å². The van der Waals surface area contributed by atoms with Gasteiger partial charge in [-0.2, -0.15) is 0 Å². The first-order valence-corrected chi connectivity index (χ1v) is 9.05. The van der Waals surface area contributed by atoms with Gasteiger partial charge in [0.1, 0.15) is 12.7 Å². The number of carbonyl (C=O) groups is 1. The van der Waals surface area contributed by atoms with E-state index in [1.807, 2.05) is 61.5 Å². The molecule has 1 unspecified atom stereocenters. The summed E-state index contributed by atoms with van der Waals surface area (Å²) in [5.41, 5.74) is 1.94. The molecule has 2 aromatic carbocycles. The van der Waals surface area contributed by atoms with Gasteiger partial charge in [0, 0.05) is 19.2 Å². The summed E-state index contributed by atoms with van der Waals surface area (Å²) in [6, 6.07) is 17.4. The van der Waals surface area contributed by atoms with Gasteiger partial charge in [-0.15, -0.1) is 10.2 Å². The quantitative estimate of drug-likeness (QED) is 0.743. The maximum atomic E-state index is 11.8. The van der Waals surface area contributed by atoms with E-state index in [0.717, 1.165) is 16.7 Å². The fourth-order valence-electron chi connectivity index (χ4n) is 2.87. The molecule has 1 N–H and O–H groups in total. The lowest BCUT2D eigenvalue weighted by atomic mass is 9.94. The highest BCUT2D eigenvalue weighted by atomic mass is 16.5. The lowest BCUT2D eigenvalue weighted by Crippen LogP contribution is -2.33. The number of nitrogens with zero attached hydrogens (tertiary/aromatic N) is 4. The van der Waals surface area contributed by atoms with Crippen molar-refractivity contribution in [1.29, 1.82) is 0 Å². The minimum Gasteiger partial charge on any atom is -0.445 e. The molecule has 0 aliphatic carbocycles. The topological polar surface area (TPSA) is 97.0 Å². The first-order chi connectivity index (χ1) is 13.6. The van der Waals surface area contributed by atoms with Crippen LogP contribution in [0.2, 0.25) is 0 Å². The molecule has 8 heteroatoms. The maximum Gasteiger partial charge on any atom is 0.407 e. The highest BCUT2D eigenvalue weighted by Gasteiger charge is 2.42. The van der Waals surface area contributed by atoms with Crippen molar-refractivity contribution in [1.82, 2.24) is 5.32 Å². The second kappa shape index (κ2) is 9.18. The maximum absolute atomic E-state index is 11.8. The normalized spacial score (nSPS) is 15.4. The van der Waals surface area contributed by atoms with E-state index in [9.17, 15) is 4.79 Å². The molecule has 1 aliphatic rings. The number of rotatable bonds is 8. The van der Waals surface area contributed by atoms with Crippen LogP contribution in [-0.2, 0) is 28.2 Å². The predicted octanol–water partition coefficient (Wildman–Crippen LogP) is 4.18. The second-order valence-corrected chi connectivity index (χ2v) is 6.42. The zero-order valence-corrected chi connectivity index (χ0v) is 15.9. The van der Waals surface area contributed by atoms with Crippen LogP contribution in [0.1, 0.15) is 23.6 Å². The molecule has 0 spiro atoms. The number of ether oxygens (including phenoxy) is 2. The molecular weight excluding hydrogens is 358 g/mol. The van der Waals surface area contributed by atoms with Crippen LogP contribution >= 0.6 is 0 Å². The average molecular weight is 381 g/mol. The lowest BCUT2D eigenvalue weighted by molar-refractivity contribution is 0.0508. The standard InChI is InChI=1S/C20H23N5O3/c1-15(27-2)20(22-24-25-23-20)18-10-8-16(9-11-18)12-13-21-19(26)28-14-17-6-4-3-5-7-17/h3-11,15H,12-14H2,1-2H3,(H,21,26). The van der Waals surface area contributed by atoms with Gasteiger partial charge in [0.25, 0.3) is 0 Å². The molecule has 2 aromatic rings. The van der Waals surface area contributed by atoms with Crippen molar-refractivity contribution in [3.63, 3.8) is 0 Å². The summed E-state index contributed by atoms with van der Waals surface area (Å²) < 4.78 is 10.6. The molecular formula is C20H23N5O3. The van der Waals surface area contributed by atoms with Gasteiger partial charge in [0.15, 0.2) is 0 Å². The highest BCUT2D eigenvalue weighted by Crippen LogP contribution is 2.37. The number of nitrogens with one attached hydrogen (secondary N) is 1. The molecule has 1 heterocycles. The third-order valence-electron chi connectivity index (χ3n) is 4.63.